The zero-order valence-electron chi connectivity index (χ0n) is 12.9. The number of benzene rings is 1. The summed E-state index contributed by atoms with van der Waals surface area (Å²) in [6.45, 7) is 1.26. The third-order valence-electron chi connectivity index (χ3n) is 3.14. The summed E-state index contributed by atoms with van der Waals surface area (Å²) >= 11 is 3.40. The Morgan fingerprint density at radius 2 is 1.96 bits per heavy atom. The molecule has 1 aromatic heterocycles. The SMILES string of the molecule is COCCOCC(=O)N(Cc1ccccn1)c1ccc(Br)cc1. The molecule has 1 aromatic carbocycles. The Labute approximate surface area is 144 Å². The summed E-state index contributed by atoms with van der Waals surface area (Å²) in [6.07, 6.45) is 1.72. The predicted octanol–water partition coefficient (Wildman–Crippen LogP) is 3.04. The van der Waals surface area contributed by atoms with Gasteiger partial charge < -0.3 is 14.4 Å². The van der Waals surface area contributed by atoms with E-state index in [0.717, 1.165) is 15.9 Å². The van der Waals surface area contributed by atoms with Gasteiger partial charge in [0.1, 0.15) is 6.61 Å². The summed E-state index contributed by atoms with van der Waals surface area (Å²) in [5.41, 5.74) is 1.62. The number of ether oxygens (including phenoxy) is 2. The van der Waals surface area contributed by atoms with Gasteiger partial charge in [0.05, 0.1) is 25.5 Å². The lowest BCUT2D eigenvalue weighted by Crippen LogP contribution is -2.34. The van der Waals surface area contributed by atoms with Crippen molar-refractivity contribution < 1.29 is 14.3 Å². The van der Waals surface area contributed by atoms with E-state index in [0.29, 0.717) is 19.8 Å². The van der Waals surface area contributed by atoms with E-state index in [1.165, 1.54) is 0 Å². The highest BCUT2D eigenvalue weighted by atomic mass is 79.9. The van der Waals surface area contributed by atoms with Crippen LogP contribution in [0.5, 0.6) is 0 Å². The summed E-state index contributed by atoms with van der Waals surface area (Å²) in [4.78, 5) is 18.5. The molecule has 0 bridgehead atoms. The average molecular weight is 379 g/mol. The Morgan fingerprint density at radius 3 is 2.61 bits per heavy atom. The smallest absolute Gasteiger partial charge is 0.253 e. The van der Waals surface area contributed by atoms with Crippen LogP contribution in [0.1, 0.15) is 5.69 Å². The van der Waals surface area contributed by atoms with Gasteiger partial charge >= 0.3 is 0 Å². The molecule has 1 amide bonds. The fraction of sp³-hybridized carbons (Fsp3) is 0.294. The van der Waals surface area contributed by atoms with Gasteiger partial charge in [0.25, 0.3) is 5.91 Å². The Balaban J connectivity index is 2.10. The van der Waals surface area contributed by atoms with Crippen LogP contribution in [-0.4, -0.2) is 37.8 Å². The third kappa shape index (κ3) is 5.74. The van der Waals surface area contributed by atoms with Crippen molar-refractivity contribution in [1.29, 1.82) is 0 Å². The van der Waals surface area contributed by atoms with Gasteiger partial charge in [-0.15, -0.1) is 0 Å². The zero-order valence-corrected chi connectivity index (χ0v) is 14.5. The van der Waals surface area contributed by atoms with Crippen molar-refractivity contribution in [1.82, 2.24) is 4.98 Å². The predicted molar refractivity (Wildman–Crippen MR) is 92.3 cm³/mol. The Hall–Kier alpha value is -1.76. The van der Waals surface area contributed by atoms with Crippen LogP contribution in [0, 0.1) is 0 Å². The maximum atomic E-state index is 12.5. The van der Waals surface area contributed by atoms with Crippen LogP contribution >= 0.6 is 15.9 Å². The molecular formula is C17H19BrN2O3. The lowest BCUT2D eigenvalue weighted by atomic mass is 10.2. The van der Waals surface area contributed by atoms with E-state index in [9.17, 15) is 4.79 Å². The number of carbonyl (C=O) groups is 1. The molecule has 23 heavy (non-hydrogen) atoms. The first-order valence-corrected chi connectivity index (χ1v) is 8.02. The second kappa shape index (κ2) is 9.39. The molecule has 0 aliphatic rings. The van der Waals surface area contributed by atoms with Gasteiger partial charge in [0, 0.05) is 23.5 Å². The number of rotatable bonds is 8. The van der Waals surface area contributed by atoms with Crippen molar-refractivity contribution in [3.63, 3.8) is 0 Å². The zero-order chi connectivity index (χ0) is 16.5. The summed E-state index contributed by atoms with van der Waals surface area (Å²) in [5.74, 6) is -0.117. The Kier molecular flexibility index (Phi) is 7.19. The summed E-state index contributed by atoms with van der Waals surface area (Å²) in [6, 6.07) is 13.2. The van der Waals surface area contributed by atoms with E-state index in [1.807, 2.05) is 42.5 Å². The third-order valence-corrected chi connectivity index (χ3v) is 3.67. The van der Waals surface area contributed by atoms with E-state index in [4.69, 9.17) is 9.47 Å². The van der Waals surface area contributed by atoms with Crippen LogP contribution < -0.4 is 4.90 Å². The number of pyridine rings is 1. The highest BCUT2D eigenvalue weighted by Crippen LogP contribution is 2.20. The van der Waals surface area contributed by atoms with Crippen molar-refractivity contribution in [3.8, 4) is 0 Å². The van der Waals surface area contributed by atoms with Crippen LogP contribution in [0.3, 0.4) is 0 Å². The van der Waals surface area contributed by atoms with Crippen molar-refractivity contribution in [2.24, 2.45) is 0 Å². The van der Waals surface area contributed by atoms with Crippen molar-refractivity contribution in [2.75, 3.05) is 31.8 Å². The summed E-state index contributed by atoms with van der Waals surface area (Å²) in [5, 5.41) is 0. The maximum absolute atomic E-state index is 12.5. The van der Waals surface area contributed by atoms with Crippen LogP contribution in [0.15, 0.2) is 53.1 Å². The molecule has 0 radical (unpaired) electrons. The van der Waals surface area contributed by atoms with Gasteiger partial charge in [0.2, 0.25) is 0 Å². The van der Waals surface area contributed by atoms with E-state index in [1.54, 1.807) is 18.2 Å². The summed E-state index contributed by atoms with van der Waals surface area (Å²) in [7, 11) is 1.60. The molecule has 122 valence electrons. The molecule has 1 heterocycles. The minimum absolute atomic E-state index is 0.00621. The topological polar surface area (TPSA) is 51.7 Å². The molecule has 6 heteroatoms. The number of hydrogen-bond acceptors (Lipinski definition) is 4. The van der Waals surface area contributed by atoms with E-state index in [-0.39, 0.29) is 12.5 Å². The highest BCUT2D eigenvalue weighted by molar-refractivity contribution is 9.10. The largest absolute Gasteiger partial charge is 0.382 e. The Bertz CT molecular complexity index is 605. The van der Waals surface area contributed by atoms with Crippen LogP contribution in [0.25, 0.3) is 0 Å². The number of nitrogens with zero attached hydrogens (tertiary/aromatic N) is 2. The number of aromatic nitrogens is 1. The molecule has 2 aromatic rings. The first-order chi connectivity index (χ1) is 11.2. The minimum atomic E-state index is -0.117. The lowest BCUT2D eigenvalue weighted by Gasteiger charge is -2.22. The second-order valence-corrected chi connectivity index (χ2v) is 5.74. The number of anilines is 1. The van der Waals surface area contributed by atoms with Gasteiger partial charge in [-0.1, -0.05) is 22.0 Å². The van der Waals surface area contributed by atoms with E-state index < -0.39 is 0 Å². The lowest BCUT2D eigenvalue weighted by molar-refractivity contribution is -0.123. The average Bonchev–Trinajstić information content (AvgIpc) is 2.58. The first kappa shape index (κ1) is 17.6. The normalized spacial score (nSPS) is 10.5. The van der Waals surface area contributed by atoms with Crippen LogP contribution in [0.4, 0.5) is 5.69 Å². The molecule has 0 spiro atoms. The number of amides is 1. The molecule has 0 saturated carbocycles. The van der Waals surface area contributed by atoms with Gasteiger partial charge in [0.15, 0.2) is 0 Å². The van der Waals surface area contributed by atoms with E-state index in [2.05, 4.69) is 20.9 Å². The first-order valence-electron chi connectivity index (χ1n) is 7.23. The second-order valence-electron chi connectivity index (χ2n) is 4.82. The van der Waals surface area contributed by atoms with Crippen LogP contribution in [-0.2, 0) is 20.8 Å². The molecule has 0 saturated heterocycles. The van der Waals surface area contributed by atoms with Crippen LogP contribution in [0.2, 0.25) is 0 Å². The summed E-state index contributed by atoms with van der Waals surface area (Å²) < 4.78 is 11.2. The standard InChI is InChI=1S/C17H19BrN2O3/c1-22-10-11-23-13-17(21)20(12-15-4-2-3-9-19-15)16-7-5-14(18)6-8-16/h2-9H,10-13H2,1H3. The molecule has 0 aliphatic carbocycles. The highest BCUT2D eigenvalue weighted by Gasteiger charge is 2.17. The number of halogens is 1. The monoisotopic (exact) mass is 378 g/mol. The molecule has 0 N–H and O–H groups in total. The number of hydrogen-bond donors (Lipinski definition) is 0. The van der Waals surface area contributed by atoms with Gasteiger partial charge in [-0.2, -0.15) is 0 Å². The maximum Gasteiger partial charge on any atom is 0.253 e. The fourth-order valence-electron chi connectivity index (χ4n) is 1.98. The quantitative estimate of drug-likeness (QED) is 0.662. The molecule has 0 atom stereocenters. The van der Waals surface area contributed by atoms with Gasteiger partial charge in [-0.3, -0.25) is 9.78 Å². The number of methoxy groups -OCH3 is 1. The van der Waals surface area contributed by atoms with Gasteiger partial charge in [-0.05, 0) is 36.4 Å². The van der Waals surface area contributed by atoms with Crippen molar-refractivity contribution in [2.45, 2.75) is 6.54 Å². The molecular weight excluding hydrogens is 360 g/mol. The fourth-order valence-corrected chi connectivity index (χ4v) is 2.24. The molecule has 5 nitrogen and oxygen atoms in total. The molecule has 0 fully saturated rings. The minimum Gasteiger partial charge on any atom is -0.382 e. The number of carbonyl (C=O) groups excluding carboxylic acids is 1. The molecule has 2 rings (SSSR count). The molecule has 0 unspecified atom stereocenters. The van der Waals surface area contributed by atoms with Gasteiger partial charge in [-0.25, -0.2) is 0 Å². The molecule has 0 aliphatic heterocycles. The Morgan fingerprint density at radius 1 is 1.17 bits per heavy atom. The van der Waals surface area contributed by atoms with Crippen molar-refractivity contribution >= 4 is 27.5 Å². The van der Waals surface area contributed by atoms with Crippen molar-refractivity contribution in [3.05, 3.63) is 58.8 Å². The van der Waals surface area contributed by atoms with E-state index >= 15 is 0 Å².